The number of amides is 1. The first kappa shape index (κ1) is 13.1. The highest BCUT2D eigenvalue weighted by Crippen LogP contribution is 2.28. The second-order valence-corrected chi connectivity index (χ2v) is 6.78. The first-order valence-corrected chi connectivity index (χ1v) is 7.41. The van der Waals surface area contributed by atoms with Crippen molar-refractivity contribution in [1.29, 1.82) is 0 Å². The molecule has 1 fully saturated rings. The molecule has 94 valence electrons. The van der Waals surface area contributed by atoms with Gasteiger partial charge in [0.1, 0.15) is 0 Å². The summed E-state index contributed by atoms with van der Waals surface area (Å²) >= 11 is 5.03. The minimum absolute atomic E-state index is 0.0896. The zero-order valence-corrected chi connectivity index (χ0v) is 12.1. The van der Waals surface area contributed by atoms with Crippen LogP contribution in [0.15, 0.2) is 15.9 Å². The van der Waals surface area contributed by atoms with Crippen LogP contribution in [0, 0.1) is 0 Å². The average Bonchev–Trinajstić information content (AvgIpc) is 2.76. The molecule has 0 spiro atoms. The van der Waals surface area contributed by atoms with Crippen molar-refractivity contribution in [2.24, 2.45) is 0 Å². The van der Waals surface area contributed by atoms with Crippen LogP contribution < -0.4 is 5.32 Å². The fraction of sp³-hybridized carbons (Fsp3) is 0.583. The summed E-state index contributed by atoms with van der Waals surface area (Å²) in [5, 5.41) is 3.05. The Morgan fingerprint density at radius 2 is 2.47 bits per heavy atom. The third-order valence-corrected chi connectivity index (χ3v) is 4.73. The van der Waals surface area contributed by atoms with Crippen LogP contribution in [0.4, 0.5) is 0 Å². The van der Waals surface area contributed by atoms with E-state index in [1.54, 1.807) is 11.3 Å². The van der Waals surface area contributed by atoms with E-state index in [0.29, 0.717) is 6.61 Å². The Bertz CT molecular complexity index is 388. The summed E-state index contributed by atoms with van der Waals surface area (Å²) in [5.41, 5.74) is 0. The number of carbonyl (C=O) groups excluding carboxylic acids is 1. The molecule has 0 saturated carbocycles. The molecule has 1 aliphatic rings. The van der Waals surface area contributed by atoms with Gasteiger partial charge >= 0.3 is 0 Å². The van der Waals surface area contributed by atoms with Gasteiger partial charge in [0, 0.05) is 11.5 Å². The predicted molar refractivity (Wildman–Crippen MR) is 72.4 cm³/mol. The maximum atomic E-state index is 12.0. The third kappa shape index (κ3) is 3.53. The monoisotopic (exact) mass is 317 g/mol. The molecule has 0 radical (unpaired) electrons. The van der Waals surface area contributed by atoms with Crippen LogP contribution in [0.5, 0.6) is 0 Å². The molecule has 2 rings (SSSR count). The van der Waals surface area contributed by atoms with Gasteiger partial charge in [-0.25, -0.2) is 0 Å². The molecular weight excluding hydrogens is 302 g/mol. The standard InChI is InChI=1S/C12H16BrNO2S/c1-8(10-4-5-11(13)17-10)12(15)14-9-3-2-6-16-7-9/h4-5,8-9H,2-3,6-7H2,1H3,(H,14,15)/t8-,9-/m1/s1. The lowest BCUT2D eigenvalue weighted by atomic mass is 10.1. The van der Waals surface area contributed by atoms with Gasteiger partial charge in [0.2, 0.25) is 5.91 Å². The average molecular weight is 318 g/mol. The SMILES string of the molecule is C[C@@H](C(=O)N[C@@H]1CCCOC1)c1ccc(Br)s1. The molecule has 1 aliphatic heterocycles. The molecule has 1 aromatic heterocycles. The van der Waals surface area contributed by atoms with E-state index >= 15 is 0 Å². The highest BCUT2D eigenvalue weighted by molar-refractivity contribution is 9.11. The van der Waals surface area contributed by atoms with Crippen LogP contribution in [0.2, 0.25) is 0 Å². The van der Waals surface area contributed by atoms with Gasteiger partial charge in [-0.3, -0.25) is 4.79 Å². The molecule has 0 aromatic carbocycles. The van der Waals surface area contributed by atoms with Crippen LogP contribution in [0.25, 0.3) is 0 Å². The zero-order valence-electron chi connectivity index (χ0n) is 9.74. The highest BCUT2D eigenvalue weighted by Gasteiger charge is 2.21. The Morgan fingerprint density at radius 1 is 1.65 bits per heavy atom. The highest BCUT2D eigenvalue weighted by atomic mass is 79.9. The maximum absolute atomic E-state index is 12.0. The largest absolute Gasteiger partial charge is 0.379 e. The Morgan fingerprint density at radius 3 is 3.06 bits per heavy atom. The quantitative estimate of drug-likeness (QED) is 0.931. The van der Waals surface area contributed by atoms with Gasteiger partial charge in [0.05, 0.1) is 22.4 Å². The van der Waals surface area contributed by atoms with Crippen LogP contribution in [0.3, 0.4) is 0 Å². The lowest BCUT2D eigenvalue weighted by molar-refractivity contribution is -0.123. The molecule has 1 aromatic rings. The lowest BCUT2D eigenvalue weighted by Gasteiger charge is -2.24. The number of thiophene rings is 1. The van der Waals surface area contributed by atoms with Crippen molar-refractivity contribution < 1.29 is 9.53 Å². The minimum atomic E-state index is -0.0896. The van der Waals surface area contributed by atoms with Gasteiger partial charge in [0.25, 0.3) is 0 Å². The van der Waals surface area contributed by atoms with Crippen LogP contribution in [-0.2, 0) is 9.53 Å². The van der Waals surface area contributed by atoms with Crippen molar-refractivity contribution in [3.05, 3.63) is 20.8 Å². The molecular formula is C12H16BrNO2S. The van der Waals surface area contributed by atoms with Crippen molar-refractivity contribution >= 4 is 33.2 Å². The molecule has 1 saturated heterocycles. The Labute approximate surface area is 114 Å². The Hall–Kier alpha value is -0.390. The van der Waals surface area contributed by atoms with E-state index in [4.69, 9.17) is 4.74 Å². The molecule has 1 N–H and O–H groups in total. The second-order valence-electron chi connectivity index (χ2n) is 4.29. The normalized spacial score (nSPS) is 22.1. The summed E-state index contributed by atoms with van der Waals surface area (Å²) < 4.78 is 6.42. The Balaban J connectivity index is 1.90. The van der Waals surface area contributed by atoms with Crippen molar-refractivity contribution in [2.75, 3.05) is 13.2 Å². The van der Waals surface area contributed by atoms with E-state index in [1.165, 1.54) is 0 Å². The third-order valence-electron chi connectivity index (χ3n) is 2.92. The minimum Gasteiger partial charge on any atom is -0.379 e. The molecule has 2 atom stereocenters. The first-order valence-electron chi connectivity index (χ1n) is 5.80. The summed E-state index contributed by atoms with van der Waals surface area (Å²) in [6.45, 7) is 3.41. The van der Waals surface area contributed by atoms with E-state index in [1.807, 2.05) is 19.1 Å². The summed E-state index contributed by atoms with van der Waals surface area (Å²) in [7, 11) is 0. The van der Waals surface area contributed by atoms with Crippen molar-refractivity contribution in [1.82, 2.24) is 5.32 Å². The van der Waals surface area contributed by atoms with Gasteiger partial charge in [-0.1, -0.05) is 0 Å². The predicted octanol–water partition coefficient (Wildman–Crippen LogP) is 2.91. The number of carbonyl (C=O) groups is 1. The number of ether oxygens (including phenoxy) is 1. The topological polar surface area (TPSA) is 38.3 Å². The van der Waals surface area contributed by atoms with Crippen LogP contribution in [0.1, 0.15) is 30.6 Å². The molecule has 0 bridgehead atoms. The van der Waals surface area contributed by atoms with E-state index in [2.05, 4.69) is 21.2 Å². The smallest absolute Gasteiger partial charge is 0.228 e. The molecule has 0 aliphatic carbocycles. The van der Waals surface area contributed by atoms with E-state index in [0.717, 1.165) is 28.1 Å². The molecule has 2 heterocycles. The summed E-state index contributed by atoms with van der Waals surface area (Å²) in [6, 6.07) is 4.16. The number of halogens is 1. The number of nitrogens with one attached hydrogen (secondary N) is 1. The maximum Gasteiger partial charge on any atom is 0.228 e. The fourth-order valence-electron chi connectivity index (χ4n) is 1.87. The van der Waals surface area contributed by atoms with Gasteiger partial charge in [0.15, 0.2) is 0 Å². The molecule has 17 heavy (non-hydrogen) atoms. The first-order chi connectivity index (χ1) is 8.16. The summed E-state index contributed by atoms with van der Waals surface area (Å²) in [5.74, 6) is 0.00285. The zero-order chi connectivity index (χ0) is 12.3. The van der Waals surface area contributed by atoms with Crippen molar-refractivity contribution in [2.45, 2.75) is 31.7 Å². The summed E-state index contributed by atoms with van der Waals surface area (Å²) in [4.78, 5) is 13.1. The van der Waals surface area contributed by atoms with Crippen LogP contribution in [-0.4, -0.2) is 25.2 Å². The van der Waals surface area contributed by atoms with E-state index < -0.39 is 0 Å². The lowest BCUT2D eigenvalue weighted by Crippen LogP contribution is -2.42. The van der Waals surface area contributed by atoms with E-state index in [9.17, 15) is 4.79 Å². The van der Waals surface area contributed by atoms with Gasteiger partial charge in [-0.2, -0.15) is 0 Å². The van der Waals surface area contributed by atoms with Crippen LogP contribution >= 0.6 is 27.3 Å². The molecule has 1 amide bonds. The van der Waals surface area contributed by atoms with Gasteiger partial charge < -0.3 is 10.1 Å². The Kier molecular flexibility index (Phi) is 4.59. The van der Waals surface area contributed by atoms with Gasteiger partial charge in [-0.15, -0.1) is 11.3 Å². The van der Waals surface area contributed by atoms with Crippen molar-refractivity contribution in [3.8, 4) is 0 Å². The fourth-order valence-corrected chi connectivity index (χ4v) is 3.35. The number of hydrogen-bond acceptors (Lipinski definition) is 3. The summed E-state index contributed by atoms with van der Waals surface area (Å²) in [6.07, 6.45) is 2.05. The van der Waals surface area contributed by atoms with Crippen molar-refractivity contribution in [3.63, 3.8) is 0 Å². The second kappa shape index (κ2) is 5.98. The van der Waals surface area contributed by atoms with E-state index in [-0.39, 0.29) is 17.9 Å². The van der Waals surface area contributed by atoms with Gasteiger partial charge in [-0.05, 0) is 47.8 Å². The number of rotatable bonds is 3. The number of hydrogen-bond donors (Lipinski definition) is 1. The molecule has 5 heteroatoms. The molecule has 0 unspecified atom stereocenters. The molecule has 3 nitrogen and oxygen atoms in total.